The first-order valence-electron chi connectivity index (χ1n) is 6.60. The van der Waals surface area contributed by atoms with Crippen LogP contribution in [0, 0.1) is 17.8 Å². The minimum Gasteiger partial charge on any atom is -0.393 e. The van der Waals surface area contributed by atoms with E-state index in [1.54, 1.807) is 0 Å². The Morgan fingerprint density at radius 2 is 2.31 bits per heavy atom. The molecule has 3 rings (SSSR count). The zero-order valence-corrected chi connectivity index (χ0v) is 10.8. The predicted molar refractivity (Wildman–Crippen MR) is 66.6 cm³/mol. The van der Waals surface area contributed by atoms with Crippen molar-refractivity contribution in [2.75, 3.05) is 18.1 Å². The van der Waals surface area contributed by atoms with E-state index in [4.69, 9.17) is 4.74 Å². The van der Waals surface area contributed by atoms with Crippen molar-refractivity contribution < 1.29 is 9.84 Å². The Kier molecular flexibility index (Phi) is 2.97. The van der Waals surface area contributed by atoms with Gasteiger partial charge in [-0.3, -0.25) is 0 Å². The van der Waals surface area contributed by atoms with Crippen molar-refractivity contribution in [1.29, 1.82) is 0 Å². The number of aliphatic hydroxyl groups is 1. The molecule has 2 aliphatic heterocycles. The lowest BCUT2D eigenvalue weighted by Gasteiger charge is -2.39. The van der Waals surface area contributed by atoms with E-state index in [0.29, 0.717) is 11.8 Å². The molecule has 0 aromatic rings. The number of hydrogen-bond acceptors (Lipinski definition) is 3. The lowest BCUT2D eigenvalue weighted by Crippen LogP contribution is -2.43. The van der Waals surface area contributed by atoms with E-state index in [1.807, 2.05) is 11.8 Å². The Bertz CT molecular complexity index is 263. The van der Waals surface area contributed by atoms with E-state index in [9.17, 15) is 5.11 Å². The van der Waals surface area contributed by atoms with Gasteiger partial charge >= 0.3 is 0 Å². The summed E-state index contributed by atoms with van der Waals surface area (Å²) in [5.41, 5.74) is 0.132. The predicted octanol–water partition coefficient (Wildman–Crippen LogP) is 2.31. The Morgan fingerprint density at radius 1 is 1.50 bits per heavy atom. The molecule has 3 fully saturated rings. The van der Waals surface area contributed by atoms with Crippen LogP contribution >= 0.6 is 11.8 Å². The summed E-state index contributed by atoms with van der Waals surface area (Å²) in [6.45, 7) is 3.12. The van der Waals surface area contributed by atoms with E-state index in [1.165, 1.54) is 18.6 Å². The summed E-state index contributed by atoms with van der Waals surface area (Å²) in [5.74, 6) is 4.24. The summed E-state index contributed by atoms with van der Waals surface area (Å²) < 4.78 is 6.00. The van der Waals surface area contributed by atoms with Crippen LogP contribution in [0.2, 0.25) is 0 Å². The van der Waals surface area contributed by atoms with Crippen LogP contribution in [-0.2, 0) is 4.74 Å². The maximum Gasteiger partial charge on any atom is 0.0783 e. The standard InChI is InChI=1S/C13H22O2S/c1-9-6-11(9)12(14)10-2-4-15-13(7-10)3-5-16-8-13/h9-12,14H,2-8H2,1H3. The Hall–Kier alpha value is 0.270. The second-order valence-electron chi connectivity index (χ2n) is 5.95. The second-order valence-corrected chi connectivity index (χ2v) is 7.06. The van der Waals surface area contributed by atoms with Crippen LogP contribution in [0.3, 0.4) is 0 Å². The minimum atomic E-state index is -0.0543. The normalized spacial score (nSPS) is 49.5. The van der Waals surface area contributed by atoms with Gasteiger partial charge in [0.2, 0.25) is 0 Å². The third kappa shape index (κ3) is 2.02. The molecular weight excluding hydrogens is 220 g/mol. The molecule has 0 amide bonds. The van der Waals surface area contributed by atoms with Gasteiger partial charge in [-0.1, -0.05) is 6.92 Å². The summed E-state index contributed by atoms with van der Waals surface area (Å²) in [7, 11) is 0. The van der Waals surface area contributed by atoms with Crippen LogP contribution in [0.1, 0.15) is 32.6 Å². The highest BCUT2D eigenvalue weighted by atomic mass is 32.2. The highest BCUT2D eigenvalue weighted by Gasteiger charge is 2.47. The molecule has 0 aromatic heterocycles. The molecule has 92 valence electrons. The largest absolute Gasteiger partial charge is 0.393 e. The molecule has 2 nitrogen and oxygen atoms in total. The molecule has 2 heterocycles. The summed E-state index contributed by atoms with van der Waals surface area (Å²) in [4.78, 5) is 0. The Morgan fingerprint density at radius 3 is 2.94 bits per heavy atom. The smallest absolute Gasteiger partial charge is 0.0783 e. The van der Waals surface area contributed by atoms with E-state index in [0.717, 1.165) is 31.1 Å². The fourth-order valence-electron chi connectivity index (χ4n) is 3.40. The van der Waals surface area contributed by atoms with Crippen molar-refractivity contribution in [1.82, 2.24) is 0 Å². The fraction of sp³-hybridized carbons (Fsp3) is 1.00. The van der Waals surface area contributed by atoms with Gasteiger partial charge in [0.05, 0.1) is 11.7 Å². The molecule has 1 N–H and O–H groups in total. The van der Waals surface area contributed by atoms with Gasteiger partial charge in [-0.05, 0) is 49.2 Å². The van der Waals surface area contributed by atoms with Crippen LogP contribution in [0.5, 0.6) is 0 Å². The quantitative estimate of drug-likeness (QED) is 0.806. The molecule has 16 heavy (non-hydrogen) atoms. The van der Waals surface area contributed by atoms with Gasteiger partial charge in [-0.2, -0.15) is 11.8 Å². The van der Waals surface area contributed by atoms with Gasteiger partial charge in [0.25, 0.3) is 0 Å². The maximum absolute atomic E-state index is 10.4. The van der Waals surface area contributed by atoms with E-state index >= 15 is 0 Å². The van der Waals surface area contributed by atoms with Crippen LogP contribution in [0.4, 0.5) is 0 Å². The van der Waals surface area contributed by atoms with Crippen LogP contribution in [0.25, 0.3) is 0 Å². The minimum absolute atomic E-state index is 0.0543. The SMILES string of the molecule is CC1CC1C(O)C1CCOC2(CCSC2)C1. The Balaban J connectivity index is 1.63. The zero-order chi connectivity index (χ0) is 11.2. The molecule has 3 heteroatoms. The third-order valence-corrected chi connectivity index (χ3v) is 5.91. The molecular formula is C13H22O2S. The second kappa shape index (κ2) is 4.18. The molecule has 2 saturated heterocycles. The van der Waals surface area contributed by atoms with Gasteiger partial charge in [0, 0.05) is 12.4 Å². The fourth-order valence-corrected chi connectivity index (χ4v) is 4.78. The van der Waals surface area contributed by atoms with Crippen molar-refractivity contribution >= 4 is 11.8 Å². The zero-order valence-electron chi connectivity index (χ0n) is 10.0. The van der Waals surface area contributed by atoms with Gasteiger partial charge in [0.15, 0.2) is 0 Å². The molecule has 1 spiro atoms. The first kappa shape index (κ1) is 11.4. The van der Waals surface area contributed by atoms with Crippen LogP contribution < -0.4 is 0 Å². The number of ether oxygens (including phenoxy) is 1. The van der Waals surface area contributed by atoms with Gasteiger partial charge in [-0.25, -0.2) is 0 Å². The average Bonchev–Trinajstić information content (AvgIpc) is 2.85. The summed E-state index contributed by atoms with van der Waals surface area (Å²) in [6.07, 6.45) is 4.55. The number of thioether (sulfide) groups is 1. The lowest BCUT2D eigenvalue weighted by molar-refractivity contribution is -0.104. The molecule has 5 atom stereocenters. The molecule has 1 aliphatic carbocycles. The highest BCUT2D eigenvalue weighted by molar-refractivity contribution is 7.99. The molecule has 1 saturated carbocycles. The number of rotatable bonds is 2. The molecule has 3 aliphatic rings. The monoisotopic (exact) mass is 242 g/mol. The van der Waals surface area contributed by atoms with Gasteiger partial charge in [0.1, 0.15) is 0 Å². The van der Waals surface area contributed by atoms with E-state index < -0.39 is 0 Å². The Labute approximate surface area is 102 Å². The third-order valence-electron chi connectivity index (χ3n) is 4.69. The van der Waals surface area contributed by atoms with Crippen LogP contribution in [0.15, 0.2) is 0 Å². The molecule has 5 unspecified atom stereocenters. The summed E-state index contributed by atoms with van der Waals surface area (Å²) in [5, 5.41) is 10.4. The van der Waals surface area contributed by atoms with Crippen molar-refractivity contribution in [3.05, 3.63) is 0 Å². The molecule has 0 aromatic carbocycles. The summed E-state index contributed by atoms with van der Waals surface area (Å²) in [6, 6.07) is 0. The van der Waals surface area contributed by atoms with Gasteiger partial charge in [-0.15, -0.1) is 0 Å². The van der Waals surface area contributed by atoms with Crippen molar-refractivity contribution in [2.24, 2.45) is 17.8 Å². The number of aliphatic hydroxyl groups excluding tert-OH is 1. The highest BCUT2D eigenvalue weighted by Crippen LogP contribution is 2.48. The maximum atomic E-state index is 10.4. The average molecular weight is 242 g/mol. The molecule has 0 radical (unpaired) electrons. The summed E-state index contributed by atoms with van der Waals surface area (Å²) >= 11 is 2.01. The van der Waals surface area contributed by atoms with E-state index in [2.05, 4.69) is 6.92 Å². The van der Waals surface area contributed by atoms with Crippen molar-refractivity contribution in [3.8, 4) is 0 Å². The topological polar surface area (TPSA) is 29.5 Å². The van der Waals surface area contributed by atoms with Gasteiger partial charge < -0.3 is 9.84 Å². The van der Waals surface area contributed by atoms with Crippen molar-refractivity contribution in [2.45, 2.75) is 44.3 Å². The first-order valence-corrected chi connectivity index (χ1v) is 7.75. The first-order chi connectivity index (χ1) is 7.70. The van der Waals surface area contributed by atoms with E-state index in [-0.39, 0.29) is 11.7 Å². The number of hydrogen-bond donors (Lipinski definition) is 1. The van der Waals surface area contributed by atoms with Crippen LogP contribution in [-0.4, -0.2) is 34.9 Å². The lowest BCUT2D eigenvalue weighted by atomic mass is 9.81. The van der Waals surface area contributed by atoms with Crippen molar-refractivity contribution in [3.63, 3.8) is 0 Å². The molecule has 0 bridgehead atoms.